The molecule has 2 aromatic rings. The molecule has 1 aliphatic heterocycles. The highest BCUT2D eigenvalue weighted by molar-refractivity contribution is 5.86. The lowest BCUT2D eigenvalue weighted by atomic mass is 9.94. The average molecular weight is 356 g/mol. The molecule has 1 aliphatic rings. The zero-order chi connectivity index (χ0) is 18.7. The molecule has 26 heavy (non-hydrogen) atoms. The van der Waals surface area contributed by atoms with E-state index in [0.29, 0.717) is 18.7 Å². The molecule has 0 fully saturated rings. The first-order valence-electron chi connectivity index (χ1n) is 8.70. The molecule has 6 nitrogen and oxygen atoms in total. The van der Waals surface area contributed by atoms with Crippen molar-refractivity contribution in [3.8, 4) is 0 Å². The first-order chi connectivity index (χ1) is 12.3. The van der Waals surface area contributed by atoms with Crippen LogP contribution in [0.5, 0.6) is 0 Å². The third-order valence-electron chi connectivity index (χ3n) is 4.20. The quantitative estimate of drug-likeness (QED) is 0.916. The zero-order valence-electron chi connectivity index (χ0n) is 15.3. The van der Waals surface area contributed by atoms with E-state index in [1.807, 2.05) is 45.0 Å². The second-order valence-electron chi connectivity index (χ2n) is 7.39. The molecule has 1 aromatic heterocycles. The van der Waals surface area contributed by atoms with E-state index in [0.717, 1.165) is 11.1 Å². The van der Waals surface area contributed by atoms with Gasteiger partial charge in [-0.2, -0.15) is 0 Å². The third kappa shape index (κ3) is 4.25. The summed E-state index contributed by atoms with van der Waals surface area (Å²) in [7, 11) is 0. The van der Waals surface area contributed by atoms with Crippen molar-refractivity contribution in [3.63, 3.8) is 0 Å². The average Bonchev–Trinajstić information content (AvgIpc) is 3.10. The Morgan fingerprint density at radius 3 is 2.58 bits per heavy atom. The fourth-order valence-corrected chi connectivity index (χ4v) is 2.97. The number of ether oxygens (including phenoxy) is 1. The van der Waals surface area contributed by atoms with Gasteiger partial charge in [0.2, 0.25) is 5.91 Å². The molecule has 0 aliphatic carbocycles. The van der Waals surface area contributed by atoms with Crippen LogP contribution in [0.4, 0.5) is 4.79 Å². The number of rotatable bonds is 3. The van der Waals surface area contributed by atoms with Gasteiger partial charge in [-0.3, -0.25) is 9.69 Å². The van der Waals surface area contributed by atoms with Crippen LogP contribution in [0.3, 0.4) is 0 Å². The lowest BCUT2D eigenvalue weighted by Crippen LogP contribution is -2.53. The largest absolute Gasteiger partial charge is 0.467 e. The molecule has 1 atom stereocenters. The number of carbonyl (C=O) groups is 2. The molecule has 0 spiro atoms. The van der Waals surface area contributed by atoms with Crippen molar-refractivity contribution < 1.29 is 18.7 Å². The Morgan fingerprint density at radius 1 is 1.19 bits per heavy atom. The van der Waals surface area contributed by atoms with E-state index in [1.165, 1.54) is 4.90 Å². The molecule has 1 aromatic carbocycles. The summed E-state index contributed by atoms with van der Waals surface area (Å²) in [5.74, 6) is 0.445. The number of furan rings is 1. The molecule has 0 bridgehead atoms. The molecule has 138 valence electrons. The van der Waals surface area contributed by atoms with E-state index in [2.05, 4.69) is 5.32 Å². The molecule has 0 saturated carbocycles. The molecule has 2 heterocycles. The van der Waals surface area contributed by atoms with Crippen molar-refractivity contribution in [1.29, 1.82) is 0 Å². The number of amides is 2. The number of carbonyl (C=O) groups excluding carboxylic acids is 2. The Balaban J connectivity index is 1.78. The third-order valence-corrected chi connectivity index (χ3v) is 4.20. The highest BCUT2D eigenvalue weighted by Gasteiger charge is 2.36. The summed E-state index contributed by atoms with van der Waals surface area (Å²) in [6.45, 7) is 6.08. The van der Waals surface area contributed by atoms with Crippen molar-refractivity contribution in [2.75, 3.05) is 0 Å². The summed E-state index contributed by atoms with van der Waals surface area (Å²) in [5, 5.41) is 2.85. The molecule has 2 amide bonds. The van der Waals surface area contributed by atoms with E-state index >= 15 is 0 Å². The van der Waals surface area contributed by atoms with Crippen LogP contribution in [0.1, 0.15) is 37.7 Å². The van der Waals surface area contributed by atoms with Crippen LogP contribution in [0.2, 0.25) is 0 Å². The first-order valence-corrected chi connectivity index (χ1v) is 8.70. The number of nitrogens with one attached hydrogen (secondary N) is 1. The molecule has 0 saturated heterocycles. The van der Waals surface area contributed by atoms with Gasteiger partial charge in [0.1, 0.15) is 17.4 Å². The van der Waals surface area contributed by atoms with E-state index in [4.69, 9.17) is 9.15 Å². The fraction of sp³-hybridized carbons (Fsp3) is 0.400. The zero-order valence-corrected chi connectivity index (χ0v) is 15.3. The van der Waals surface area contributed by atoms with Crippen LogP contribution in [-0.4, -0.2) is 28.5 Å². The van der Waals surface area contributed by atoms with Gasteiger partial charge in [0.15, 0.2) is 0 Å². The molecular formula is C20H24N2O4. The number of nitrogens with zero attached hydrogens (tertiary/aromatic N) is 1. The number of benzene rings is 1. The van der Waals surface area contributed by atoms with Gasteiger partial charge in [-0.15, -0.1) is 0 Å². The Morgan fingerprint density at radius 2 is 1.92 bits per heavy atom. The predicted molar refractivity (Wildman–Crippen MR) is 96.3 cm³/mol. The lowest BCUT2D eigenvalue weighted by Gasteiger charge is -2.36. The molecule has 3 rings (SSSR count). The fourth-order valence-electron chi connectivity index (χ4n) is 2.97. The highest BCUT2D eigenvalue weighted by Crippen LogP contribution is 2.25. The van der Waals surface area contributed by atoms with Crippen molar-refractivity contribution in [1.82, 2.24) is 10.2 Å². The van der Waals surface area contributed by atoms with Gasteiger partial charge in [-0.25, -0.2) is 4.79 Å². The maximum atomic E-state index is 12.8. The number of hydrogen-bond acceptors (Lipinski definition) is 4. The van der Waals surface area contributed by atoms with Crippen LogP contribution in [0.25, 0.3) is 0 Å². The second kappa shape index (κ2) is 7.23. The van der Waals surface area contributed by atoms with Crippen molar-refractivity contribution in [2.45, 2.75) is 51.9 Å². The molecule has 6 heteroatoms. The van der Waals surface area contributed by atoms with E-state index in [-0.39, 0.29) is 12.5 Å². The summed E-state index contributed by atoms with van der Waals surface area (Å²) in [6, 6.07) is 10.8. The smallest absolute Gasteiger partial charge is 0.411 e. The summed E-state index contributed by atoms with van der Waals surface area (Å²) in [5.41, 5.74) is 1.49. The van der Waals surface area contributed by atoms with Crippen LogP contribution >= 0.6 is 0 Å². The van der Waals surface area contributed by atoms with E-state index < -0.39 is 17.7 Å². The maximum absolute atomic E-state index is 12.8. The van der Waals surface area contributed by atoms with Crippen LogP contribution < -0.4 is 5.32 Å². The molecule has 1 unspecified atom stereocenters. The van der Waals surface area contributed by atoms with Gasteiger partial charge in [-0.05, 0) is 44.0 Å². The SMILES string of the molecule is CC(C)(C)OC(=O)N1Cc2ccccc2CC1C(=O)NCc1ccco1. The van der Waals surface area contributed by atoms with Crippen molar-refractivity contribution in [2.24, 2.45) is 0 Å². The van der Waals surface area contributed by atoms with Crippen molar-refractivity contribution >= 4 is 12.0 Å². The Hall–Kier alpha value is -2.76. The Bertz CT molecular complexity index is 777. The number of hydrogen-bond donors (Lipinski definition) is 1. The number of fused-ring (bicyclic) bond motifs is 1. The van der Waals surface area contributed by atoms with E-state index in [1.54, 1.807) is 18.4 Å². The summed E-state index contributed by atoms with van der Waals surface area (Å²) in [4.78, 5) is 27.0. The van der Waals surface area contributed by atoms with Gasteiger partial charge >= 0.3 is 6.09 Å². The van der Waals surface area contributed by atoms with Gasteiger partial charge < -0.3 is 14.5 Å². The minimum absolute atomic E-state index is 0.221. The van der Waals surface area contributed by atoms with Crippen LogP contribution in [0, 0.1) is 0 Å². The van der Waals surface area contributed by atoms with Crippen molar-refractivity contribution in [3.05, 3.63) is 59.5 Å². The minimum atomic E-state index is -0.622. The predicted octanol–water partition coefficient (Wildman–Crippen LogP) is 3.26. The van der Waals surface area contributed by atoms with Gasteiger partial charge in [0.25, 0.3) is 0 Å². The summed E-state index contributed by atoms with van der Waals surface area (Å²) < 4.78 is 10.8. The van der Waals surface area contributed by atoms with Crippen LogP contribution in [-0.2, 0) is 29.0 Å². The van der Waals surface area contributed by atoms with Gasteiger partial charge in [0.05, 0.1) is 19.4 Å². The topological polar surface area (TPSA) is 71.8 Å². The monoisotopic (exact) mass is 356 g/mol. The van der Waals surface area contributed by atoms with Crippen LogP contribution in [0.15, 0.2) is 47.1 Å². The highest BCUT2D eigenvalue weighted by atomic mass is 16.6. The van der Waals surface area contributed by atoms with E-state index in [9.17, 15) is 9.59 Å². The van der Waals surface area contributed by atoms with Gasteiger partial charge in [0, 0.05) is 6.42 Å². The first kappa shape index (κ1) is 18.0. The standard InChI is InChI=1S/C20H24N2O4/c1-20(2,3)26-19(24)22-13-15-8-5-4-7-14(15)11-17(22)18(23)21-12-16-9-6-10-25-16/h4-10,17H,11-13H2,1-3H3,(H,21,23). The normalized spacial score (nSPS) is 16.7. The maximum Gasteiger partial charge on any atom is 0.411 e. The summed E-state index contributed by atoms with van der Waals surface area (Å²) >= 11 is 0. The molecule has 0 radical (unpaired) electrons. The minimum Gasteiger partial charge on any atom is -0.467 e. The van der Waals surface area contributed by atoms with Gasteiger partial charge in [-0.1, -0.05) is 24.3 Å². The molecular weight excluding hydrogens is 332 g/mol. The molecule has 1 N–H and O–H groups in total. The Kier molecular flexibility index (Phi) is 5.02. The Labute approximate surface area is 153 Å². The summed E-state index contributed by atoms with van der Waals surface area (Å²) in [6.07, 6.45) is 1.54. The second-order valence-corrected chi connectivity index (χ2v) is 7.39. The lowest BCUT2D eigenvalue weighted by molar-refractivity contribution is -0.127.